The highest BCUT2D eigenvalue weighted by molar-refractivity contribution is 5.76. The van der Waals surface area contributed by atoms with Gasteiger partial charge in [0.05, 0.1) is 0 Å². The van der Waals surface area contributed by atoms with Crippen LogP contribution in [0.1, 0.15) is 149 Å². The van der Waals surface area contributed by atoms with Gasteiger partial charge >= 0.3 is 0 Å². The van der Waals surface area contributed by atoms with Crippen LogP contribution in [0.15, 0.2) is 12.2 Å². The maximum absolute atomic E-state index is 12.0. The Labute approximate surface area is 194 Å². The summed E-state index contributed by atoms with van der Waals surface area (Å²) in [6.45, 7) is 4.58. The fraction of sp³-hybridized carbons (Fsp3) is 0.893. The monoisotopic (exact) mass is 437 g/mol. The van der Waals surface area contributed by atoms with Gasteiger partial charge in [-0.3, -0.25) is 4.79 Å². The Morgan fingerprint density at radius 3 is 1.68 bits per heavy atom. The number of rotatable bonds is 24. The smallest absolute Gasteiger partial charge is 0.220 e. The Hall–Kier alpha value is -0.830. The zero-order valence-corrected chi connectivity index (χ0v) is 21.1. The largest absolute Gasteiger partial charge is 0.396 e. The molecule has 0 heterocycles. The van der Waals surface area contributed by atoms with Crippen LogP contribution in [-0.4, -0.2) is 23.7 Å². The lowest BCUT2D eigenvalue weighted by atomic mass is 10.0. The Kier molecular flexibility index (Phi) is 24.7. The van der Waals surface area contributed by atoms with Crippen molar-refractivity contribution in [2.45, 2.75) is 155 Å². The van der Waals surface area contributed by atoms with Gasteiger partial charge in [-0.05, 0) is 51.4 Å². The molecular formula is C28H55NO2. The molecule has 2 N–H and O–H groups in total. The zero-order valence-electron chi connectivity index (χ0n) is 21.1. The Morgan fingerprint density at radius 1 is 0.710 bits per heavy atom. The number of nitrogens with one attached hydrogen (secondary N) is 1. The molecule has 0 spiro atoms. The van der Waals surface area contributed by atoms with Crippen LogP contribution in [0.4, 0.5) is 0 Å². The molecule has 0 radical (unpaired) electrons. The fourth-order valence-electron chi connectivity index (χ4n) is 4.08. The topological polar surface area (TPSA) is 49.3 Å². The van der Waals surface area contributed by atoms with Crippen molar-refractivity contribution in [2.75, 3.05) is 6.61 Å². The number of unbranched alkanes of at least 4 members (excludes halogenated alkanes) is 15. The third-order valence-electron chi connectivity index (χ3n) is 6.23. The predicted molar refractivity (Wildman–Crippen MR) is 136 cm³/mol. The Balaban J connectivity index is 3.29. The Morgan fingerprint density at radius 2 is 1.19 bits per heavy atom. The number of carbonyl (C=O) groups is 1. The van der Waals surface area contributed by atoms with Crippen molar-refractivity contribution in [1.29, 1.82) is 0 Å². The lowest BCUT2D eigenvalue weighted by Gasteiger charge is -2.16. The molecule has 0 bridgehead atoms. The minimum Gasteiger partial charge on any atom is -0.396 e. The van der Waals surface area contributed by atoms with Crippen LogP contribution < -0.4 is 5.32 Å². The SMILES string of the molecule is CCCCCCCC/C=C\CCCCCCCCCCCC(=O)NC(CC)CCCO. The first kappa shape index (κ1) is 30.2. The average Bonchev–Trinajstić information content (AvgIpc) is 2.78. The van der Waals surface area contributed by atoms with Crippen molar-refractivity contribution < 1.29 is 9.90 Å². The molecule has 0 saturated carbocycles. The third kappa shape index (κ3) is 23.7. The molecule has 0 aromatic heterocycles. The summed E-state index contributed by atoms with van der Waals surface area (Å²) in [5, 5.41) is 12.0. The minimum absolute atomic E-state index is 0.186. The fourth-order valence-corrected chi connectivity index (χ4v) is 4.08. The van der Waals surface area contributed by atoms with Crippen LogP contribution in [0, 0.1) is 0 Å². The summed E-state index contributed by atoms with van der Waals surface area (Å²) in [6, 6.07) is 0.232. The summed E-state index contributed by atoms with van der Waals surface area (Å²) in [4.78, 5) is 12.0. The van der Waals surface area contributed by atoms with Gasteiger partial charge in [0.15, 0.2) is 0 Å². The molecule has 0 aromatic rings. The van der Waals surface area contributed by atoms with Crippen molar-refractivity contribution in [3.05, 3.63) is 12.2 Å². The van der Waals surface area contributed by atoms with Crippen LogP contribution in [0.5, 0.6) is 0 Å². The van der Waals surface area contributed by atoms with Gasteiger partial charge in [-0.1, -0.05) is 103 Å². The van der Waals surface area contributed by atoms with Crippen LogP contribution in [0.25, 0.3) is 0 Å². The van der Waals surface area contributed by atoms with E-state index < -0.39 is 0 Å². The quantitative estimate of drug-likeness (QED) is 0.118. The van der Waals surface area contributed by atoms with Gasteiger partial charge in [-0.15, -0.1) is 0 Å². The molecule has 1 unspecified atom stereocenters. The first-order chi connectivity index (χ1) is 15.2. The van der Waals surface area contributed by atoms with Crippen LogP contribution in [0.3, 0.4) is 0 Å². The van der Waals surface area contributed by atoms with Crippen molar-refractivity contribution in [3.63, 3.8) is 0 Å². The number of carbonyl (C=O) groups excluding carboxylic acids is 1. The number of allylic oxidation sites excluding steroid dienone is 2. The number of amides is 1. The Bertz CT molecular complexity index is 394. The predicted octanol–water partition coefficient (Wildman–Crippen LogP) is 8.25. The number of hydrogen-bond donors (Lipinski definition) is 2. The molecule has 184 valence electrons. The second-order valence-corrected chi connectivity index (χ2v) is 9.29. The summed E-state index contributed by atoms with van der Waals surface area (Å²) >= 11 is 0. The summed E-state index contributed by atoms with van der Waals surface area (Å²) in [5.74, 6) is 0.186. The van der Waals surface area contributed by atoms with E-state index in [-0.39, 0.29) is 18.6 Å². The van der Waals surface area contributed by atoms with E-state index in [0.717, 1.165) is 25.7 Å². The summed E-state index contributed by atoms with van der Waals surface area (Å²) in [5.41, 5.74) is 0. The van der Waals surface area contributed by atoms with E-state index in [2.05, 4.69) is 31.3 Å². The molecule has 0 aliphatic carbocycles. The summed E-state index contributed by atoms with van der Waals surface area (Å²) in [6.07, 6.45) is 30.5. The summed E-state index contributed by atoms with van der Waals surface area (Å²) in [7, 11) is 0. The number of aliphatic hydroxyl groups excluding tert-OH is 1. The van der Waals surface area contributed by atoms with Gasteiger partial charge in [0.1, 0.15) is 0 Å². The third-order valence-corrected chi connectivity index (χ3v) is 6.23. The summed E-state index contributed by atoms with van der Waals surface area (Å²) < 4.78 is 0. The molecular weight excluding hydrogens is 382 g/mol. The van der Waals surface area contributed by atoms with Gasteiger partial charge in [0.25, 0.3) is 0 Å². The van der Waals surface area contributed by atoms with Gasteiger partial charge in [0.2, 0.25) is 5.91 Å². The van der Waals surface area contributed by atoms with E-state index >= 15 is 0 Å². The van der Waals surface area contributed by atoms with Crippen molar-refractivity contribution >= 4 is 5.91 Å². The van der Waals surface area contributed by atoms with Crippen molar-refractivity contribution in [2.24, 2.45) is 0 Å². The highest BCUT2D eigenvalue weighted by Gasteiger charge is 2.09. The normalized spacial score (nSPS) is 12.5. The number of hydrogen-bond acceptors (Lipinski definition) is 2. The molecule has 0 aromatic carbocycles. The molecule has 0 saturated heterocycles. The highest BCUT2D eigenvalue weighted by Crippen LogP contribution is 2.12. The molecule has 31 heavy (non-hydrogen) atoms. The molecule has 1 atom stereocenters. The van der Waals surface area contributed by atoms with E-state index in [1.54, 1.807) is 0 Å². The standard InChI is InChI=1S/C28H55NO2/c1-3-5-6-7-8-9-10-11-12-13-14-15-16-17-18-19-20-21-22-25-28(31)29-27(4-2)24-23-26-30/h11-12,27,30H,3-10,13-26H2,1-2H3,(H,29,31)/b12-11-. The van der Waals surface area contributed by atoms with Crippen LogP contribution in [0.2, 0.25) is 0 Å². The highest BCUT2D eigenvalue weighted by atomic mass is 16.3. The van der Waals surface area contributed by atoms with Gasteiger partial charge in [-0.2, -0.15) is 0 Å². The number of aliphatic hydroxyl groups is 1. The van der Waals surface area contributed by atoms with Crippen molar-refractivity contribution in [3.8, 4) is 0 Å². The molecule has 1 amide bonds. The first-order valence-corrected chi connectivity index (χ1v) is 13.8. The maximum Gasteiger partial charge on any atom is 0.220 e. The van der Waals surface area contributed by atoms with Gasteiger partial charge < -0.3 is 10.4 Å². The van der Waals surface area contributed by atoms with E-state index in [4.69, 9.17) is 5.11 Å². The van der Waals surface area contributed by atoms with Crippen LogP contribution in [-0.2, 0) is 4.79 Å². The molecule has 0 aliphatic rings. The lowest BCUT2D eigenvalue weighted by Crippen LogP contribution is -2.34. The van der Waals surface area contributed by atoms with Gasteiger partial charge in [0, 0.05) is 19.1 Å². The molecule has 0 fully saturated rings. The molecule has 3 heteroatoms. The van der Waals surface area contributed by atoms with Crippen LogP contribution >= 0.6 is 0 Å². The zero-order chi connectivity index (χ0) is 22.8. The van der Waals surface area contributed by atoms with E-state index in [9.17, 15) is 4.79 Å². The van der Waals surface area contributed by atoms with Crippen molar-refractivity contribution in [1.82, 2.24) is 5.32 Å². The second kappa shape index (κ2) is 25.4. The molecule has 0 aliphatic heterocycles. The minimum atomic E-state index is 0.186. The van der Waals surface area contributed by atoms with E-state index in [1.807, 2.05) is 0 Å². The molecule has 3 nitrogen and oxygen atoms in total. The first-order valence-electron chi connectivity index (χ1n) is 13.8. The molecule has 0 rings (SSSR count). The second-order valence-electron chi connectivity index (χ2n) is 9.29. The maximum atomic E-state index is 12.0. The van der Waals surface area contributed by atoms with E-state index in [0.29, 0.717) is 6.42 Å². The van der Waals surface area contributed by atoms with E-state index in [1.165, 1.54) is 103 Å². The lowest BCUT2D eigenvalue weighted by molar-refractivity contribution is -0.122. The van der Waals surface area contributed by atoms with Gasteiger partial charge in [-0.25, -0.2) is 0 Å². The average molecular weight is 438 g/mol.